The molecule has 4 aromatic rings. The van der Waals surface area contributed by atoms with Crippen LogP contribution in [0.3, 0.4) is 0 Å². The van der Waals surface area contributed by atoms with E-state index in [2.05, 4.69) is 22.0 Å². The molecule has 2 aromatic heterocycles. The Bertz CT molecular complexity index is 1760. The summed E-state index contributed by atoms with van der Waals surface area (Å²) in [5.74, 6) is 0.134. The smallest absolute Gasteiger partial charge is 0.355 e. The predicted octanol–water partition coefficient (Wildman–Crippen LogP) is 4.95. The number of rotatable bonds is 11. The molecule has 1 fully saturated rings. The number of hydrogen-bond donors (Lipinski definition) is 1. The maximum atomic E-state index is 13.7. The van der Waals surface area contributed by atoms with Gasteiger partial charge in [-0.15, -0.1) is 23.5 Å². The lowest BCUT2D eigenvalue weighted by Gasteiger charge is -2.49. The Labute approximate surface area is 267 Å². The Kier molecular flexibility index (Phi) is 9.03. The third-order valence-electron chi connectivity index (χ3n) is 7.22. The van der Waals surface area contributed by atoms with Crippen LogP contribution in [-0.4, -0.2) is 62.9 Å². The van der Waals surface area contributed by atoms with E-state index in [-0.39, 0.29) is 24.0 Å². The van der Waals surface area contributed by atoms with Crippen LogP contribution in [0.5, 0.6) is 5.75 Å². The molecule has 2 aromatic carbocycles. The van der Waals surface area contributed by atoms with E-state index in [1.54, 1.807) is 55.8 Å². The van der Waals surface area contributed by atoms with Gasteiger partial charge in [0.05, 0.1) is 18.6 Å². The van der Waals surface area contributed by atoms with Crippen LogP contribution in [0.4, 0.5) is 0 Å². The lowest BCUT2D eigenvalue weighted by atomic mass is 9.98. The molecule has 0 spiro atoms. The van der Waals surface area contributed by atoms with Gasteiger partial charge in [0, 0.05) is 34.1 Å². The van der Waals surface area contributed by atoms with Crippen molar-refractivity contribution in [3.63, 3.8) is 0 Å². The van der Waals surface area contributed by atoms with E-state index < -0.39 is 23.3 Å². The van der Waals surface area contributed by atoms with Crippen molar-refractivity contribution < 1.29 is 28.4 Å². The normalized spacial score (nSPS) is 17.3. The molecule has 45 heavy (non-hydrogen) atoms. The van der Waals surface area contributed by atoms with Gasteiger partial charge in [0.25, 0.3) is 5.91 Å². The van der Waals surface area contributed by atoms with Gasteiger partial charge >= 0.3 is 5.97 Å². The predicted molar refractivity (Wildman–Crippen MR) is 171 cm³/mol. The summed E-state index contributed by atoms with van der Waals surface area (Å²) >= 11 is 2.81. The van der Waals surface area contributed by atoms with E-state index in [9.17, 15) is 14.4 Å². The molecule has 228 valence electrons. The third kappa shape index (κ3) is 6.52. The Hall–Kier alpha value is -4.81. The summed E-state index contributed by atoms with van der Waals surface area (Å²) in [6.07, 6.45) is 1.65. The number of aromatic nitrogens is 2. The van der Waals surface area contributed by atoms with Crippen LogP contribution >= 0.6 is 23.5 Å². The number of pyridine rings is 1. The first kappa shape index (κ1) is 30.2. The zero-order valence-corrected chi connectivity index (χ0v) is 25.8. The van der Waals surface area contributed by atoms with Crippen molar-refractivity contribution in [3.8, 4) is 17.1 Å². The number of allylic oxidation sites excluding steroid dienone is 1. The van der Waals surface area contributed by atoms with Gasteiger partial charge in [0.15, 0.2) is 5.76 Å². The number of fused-ring (bicyclic) bond motifs is 1. The average molecular weight is 641 g/mol. The number of β-lactam (4-membered cyclic amide) rings is 1. The molecule has 0 unspecified atom stereocenters. The summed E-state index contributed by atoms with van der Waals surface area (Å²) in [7, 11) is 1.57. The zero-order chi connectivity index (χ0) is 31.3. The van der Waals surface area contributed by atoms with Crippen molar-refractivity contribution >= 4 is 46.9 Å². The highest BCUT2D eigenvalue weighted by atomic mass is 32.2. The Morgan fingerprint density at radius 3 is 2.60 bits per heavy atom. The van der Waals surface area contributed by atoms with E-state index in [0.29, 0.717) is 39.8 Å². The van der Waals surface area contributed by atoms with Gasteiger partial charge in [-0.2, -0.15) is 0 Å². The molecule has 2 atom stereocenters. The number of ether oxygens (including phenoxy) is 2. The second-order valence-electron chi connectivity index (χ2n) is 10.1. The maximum absolute atomic E-state index is 13.7. The van der Waals surface area contributed by atoms with Crippen LogP contribution in [0.15, 0.2) is 112 Å². The second kappa shape index (κ2) is 13.4. The van der Waals surface area contributed by atoms with Gasteiger partial charge < -0.3 is 19.3 Å². The van der Waals surface area contributed by atoms with Crippen LogP contribution in [0, 0.1) is 0 Å². The SMILES string of the molecule is C=C(C1=C(C(=O)OCc2ccc(OC)cc2)N2C(=O)[C@@H](NC(=O)CSc3ccccc3)[C@H]2SC1)c1cc(-c2ccccn2)no1. The van der Waals surface area contributed by atoms with E-state index in [1.165, 1.54) is 28.4 Å². The number of carbonyl (C=O) groups is 3. The summed E-state index contributed by atoms with van der Waals surface area (Å²) in [6, 6.07) is 23.0. The number of amides is 2. The fraction of sp³-hybridized carbons (Fsp3) is 0.182. The number of esters is 1. The topological polar surface area (TPSA) is 124 Å². The molecule has 4 heterocycles. The first-order valence-corrected chi connectivity index (χ1v) is 16.0. The van der Waals surface area contributed by atoms with E-state index in [0.717, 1.165) is 10.5 Å². The monoisotopic (exact) mass is 640 g/mol. The number of hydrogen-bond acceptors (Lipinski definition) is 10. The van der Waals surface area contributed by atoms with E-state index >= 15 is 0 Å². The summed E-state index contributed by atoms with van der Waals surface area (Å²) in [5, 5.41) is 6.49. The fourth-order valence-electron chi connectivity index (χ4n) is 4.86. The number of nitrogens with one attached hydrogen (secondary N) is 1. The standard InChI is InChI=1S/C33H28N4O6S2/c1-20(27-16-26(36-43-27)25-10-6-7-15-34-25)24-18-45-32-29(35-28(38)19-44-23-8-4-3-5-9-23)31(39)37(32)30(24)33(40)42-17-21-11-13-22(41-2)14-12-21/h3-16,29,32H,1,17-19H2,2H3,(H,35,38)/t29-,32-/m1/s1. The molecule has 12 heteroatoms. The first-order chi connectivity index (χ1) is 21.9. The van der Waals surface area contributed by atoms with E-state index in [1.807, 2.05) is 36.4 Å². The van der Waals surface area contributed by atoms with Gasteiger partial charge in [-0.1, -0.05) is 48.1 Å². The van der Waals surface area contributed by atoms with Crippen molar-refractivity contribution in [1.82, 2.24) is 20.4 Å². The highest BCUT2D eigenvalue weighted by Gasteiger charge is 2.54. The zero-order valence-electron chi connectivity index (χ0n) is 24.2. The molecular weight excluding hydrogens is 613 g/mol. The molecule has 6 rings (SSSR count). The fourth-order valence-corrected chi connectivity index (χ4v) is 6.97. The molecular formula is C33H28N4O6S2. The lowest BCUT2D eigenvalue weighted by Crippen LogP contribution is -2.70. The van der Waals surface area contributed by atoms with Gasteiger partial charge in [-0.25, -0.2) is 4.79 Å². The van der Waals surface area contributed by atoms with Crippen molar-refractivity contribution in [3.05, 3.63) is 114 Å². The van der Waals surface area contributed by atoms with Gasteiger partial charge in [-0.3, -0.25) is 19.5 Å². The second-order valence-corrected chi connectivity index (χ2v) is 12.2. The summed E-state index contributed by atoms with van der Waals surface area (Å²) in [5.41, 5.74) is 2.83. The minimum Gasteiger partial charge on any atom is -0.497 e. The van der Waals surface area contributed by atoms with Crippen molar-refractivity contribution in [2.45, 2.75) is 22.9 Å². The van der Waals surface area contributed by atoms with Crippen LogP contribution in [0.1, 0.15) is 11.3 Å². The highest BCUT2D eigenvalue weighted by molar-refractivity contribution is 8.00. The number of nitrogens with zero attached hydrogens (tertiary/aromatic N) is 3. The minimum absolute atomic E-state index is 0.0189. The average Bonchev–Trinajstić information content (AvgIpc) is 3.59. The molecule has 0 radical (unpaired) electrons. The summed E-state index contributed by atoms with van der Waals surface area (Å²) < 4.78 is 16.5. The third-order valence-corrected chi connectivity index (χ3v) is 9.51. The number of benzene rings is 2. The summed E-state index contributed by atoms with van der Waals surface area (Å²) in [6.45, 7) is 4.18. The Morgan fingerprint density at radius 2 is 1.87 bits per heavy atom. The minimum atomic E-state index is -0.779. The number of methoxy groups -OCH3 is 1. The Balaban J connectivity index is 1.22. The molecule has 0 aliphatic carbocycles. The molecule has 2 aliphatic heterocycles. The maximum Gasteiger partial charge on any atom is 0.355 e. The molecule has 0 saturated carbocycles. The quantitative estimate of drug-likeness (QED) is 0.137. The largest absolute Gasteiger partial charge is 0.497 e. The molecule has 1 N–H and O–H groups in total. The number of carbonyl (C=O) groups excluding carboxylic acids is 3. The molecule has 10 nitrogen and oxygen atoms in total. The molecule has 0 bridgehead atoms. The number of thioether (sulfide) groups is 2. The molecule has 2 amide bonds. The van der Waals surface area contributed by atoms with Crippen molar-refractivity contribution in [2.24, 2.45) is 0 Å². The summed E-state index contributed by atoms with van der Waals surface area (Å²) in [4.78, 5) is 46.6. The molecule has 2 aliphatic rings. The van der Waals surface area contributed by atoms with Gasteiger partial charge in [0.2, 0.25) is 5.91 Å². The van der Waals surface area contributed by atoms with Gasteiger partial charge in [0.1, 0.15) is 35.2 Å². The van der Waals surface area contributed by atoms with Crippen LogP contribution in [0.25, 0.3) is 17.0 Å². The Morgan fingerprint density at radius 1 is 1.09 bits per heavy atom. The lowest BCUT2D eigenvalue weighted by molar-refractivity contribution is -0.153. The van der Waals surface area contributed by atoms with Gasteiger partial charge in [-0.05, 0) is 42.0 Å². The van der Waals surface area contributed by atoms with E-state index in [4.69, 9.17) is 14.0 Å². The van der Waals surface area contributed by atoms with Crippen molar-refractivity contribution in [1.29, 1.82) is 0 Å². The molecule has 1 saturated heterocycles. The first-order valence-electron chi connectivity index (χ1n) is 14.0. The highest BCUT2D eigenvalue weighted by Crippen LogP contribution is 2.44. The van der Waals surface area contributed by atoms with Crippen LogP contribution in [-0.2, 0) is 25.7 Å². The van der Waals surface area contributed by atoms with Crippen molar-refractivity contribution in [2.75, 3.05) is 18.6 Å². The van der Waals surface area contributed by atoms with Crippen LogP contribution < -0.4 is 10.1 Å². The van der Waals surface area contributed by atoms with Crippen LogP contribution in [0.2, 0.25) is 0 Å².